The molecule has 0 radical (unpaired) electrons. The van der Waals surface area contributed by atoms with Gasteiger partial charge in [-0.15, -0.1) is 0 Å². The summed E-state index contributed by atoms with van der Waals surface area (Å²) in [5.41, 5.74) is 1.18. The van der Waals surface area contributed by atoms with Gasteiger partial charge in [0.15, 0.2) is 0 Å². The average molecular weight is 293 g/mol. The summed E-state index contributed by atoms with van der Waals surface area (Å²) < 4.78 is 40.3. The molecule has 0 saturated carbocycles. The maximum atomic E-state index is 13.2. The SMILES string of the molecule is Cc1cc(S(=O)(=O)N[C@@H](C)c2ccccc2)ccc1F. The van der Waals surface area contributed by atoms with Crippen LogP contribution in [0.4, 0.5) is 4.39 Å². The summed E-state index contributed by atoms with van der Waals surface area (Å²) in [6.45, 7) is 3.30. The van der Waals surface area contributed by atoms with E-state index in [-0.39, 0.29) is 10.9 Å². The molecule has 5 heteroatoms. The van der Waals surface area contributed by atoms with Crippen molar-refractivity contribution in [3.8, 4) is 0 Å². The minimum absolute atomic E-state index is 0.0687. The number of nitrogens with one attached hydrogen (secondary N) is 1. The van der Waals surface area contributed by atoms with Crippen molar-refractivity contribution in [2.75, 3.05) is 0 Å². The Balaban J connectivity index is 2.25. The van der Waals surface area contributed by atoms with Crippen molar-refractivity contribution >= 4 is 10.0 Å². The standard InChI is InChI=1S/C15H16FNO2S/c1-11-10-14(8-9-15(11)16)20(18,19)17-12(2)13-6-4-3-5-7-13/h3-10,12,17H,1-2H3/t12-/m0/s1. The Labute approximate surface area is 118 Å². The molecule has 0 aliphatic rings. The minimum Gasteiger partial charge on any atom is -0.207 e. The van der Waals surface area contributed by atoms with Crippen LogP contribution in [0.1, 0.15) is 24.1 Å². The maximum Gasteiger partial charge on any atom is 0.241 e. The van der Waals surface area contributed by atoms with E-state index in [9.17, 15) is 12.8 Å². The molecule has 0 fully saturated rings. The number of aryl methyl sites for hydroxylation is 1. The molecule has 0 spiro atoms. The van der Waals surface area contributed by atoms with E-state index in [1.807, 2.05) is 30.3 Å². The lowest BCUT2D eigenvalue weighted by atomic mass is 10.1. The number of hydrogen-bond acceptors (Lipinski definition) is 2. The lowest BCUT2D eigenvalue weighted by Crippen LogP contribution is -2.27. The zero-order chi connectivity index (χ0) is 14.8. The number of sulfonamides is 1. The number of halogens is 1. The van der Waals surface area contributed by atoms with Crippen molar-refractivity contribution in [3.05, 3.63) is 65.5 Å². The zero-order valence-electron chi connectivity index (χ0n) is 11.3. The highest BCUT2D eigenvalue weighted by Crippen LogP contribution is 2.18. The van der Waals surface area contributed by atoms with Crippen LogP contribution in [-0.4, -0.2) is 8.42 Å². The van der Waals surface area contributed by atoms with Gasteiger partial charge < -0.3 is 0 Å². The predicted molar refractivity (Wildman–Crippen MR) is 76.3 cm³/mol. The second-order valence-electron chi connectivity index (χ2n) is 4.66. The lowest BCUT2D eigenvalue weighted by Gasteiger charge is -2.15. The predicted octanol–water partition coefficient (Wildman–Crippen LogP) is 3.17. The number of rotatable bonds is 4. The largest absolute Gasteiger partial charge is 0.241 e. The second kappa shape index (κ2) is 5.73. The van der Waals surface area contributed by atoms with Gasteiger partial charge >= 0.3 is 0 Å². The first-order valence-corrected chi connectivity index (χ1v) is 7.72. The van der Waals surface area contributed by atoms with Gasteiger partial charge in [0, 0.05) is 6.04 Å². The van der Waals surface area contributed by atoms with Crippen LogP contribution in [0, 0.1) is 12.7 Å². The maximum absolute atomic E-state index is 13.2. The third-order valence-corrected chi connectivity index (χ3v) is 4.61. The molecule has 2 aromatic rings. The Kier molecular flexibility index (Phi) is 4.20. The summed E-state index contributed by atoms with van der Waals surface area (Å²) in [6, 6.07) is 12.7. The molecule has 0 aromatic heterocycles. The zero-order valence-corrected chi connectivity index (χ0v) is 12.1. The summed E-state index contributed by atoms with van der Waals surface area (Å²) in [4.78, 5) is 0.0687. The fourth-order valence-electron chi connectivity index (χ4n) is 1.89. The minimum atomic E-state index is -3.66. The Morgan fingerprint density at radius 1 is 1.10 bits per heavy atom. The van der Waals surface area contributed by atoms with Crippen LogP contribution < -0.4 is 4.72 Å². The third kappa shape index (κ3) is 3.23. The first-order valence-electron chi connectivity index (χ1n) is 6.23. The summed E-state index contributed by atoms with van der Waals surface area (Å²) in [7, 11) is -3.66. The van der Waals surface area contributed by atoms with E-state index >= 15 is 0 Å². The van der Waals surface area contributed by atoms with Crippen LogP contribution in [0.3, 0.4) is 0 Å². The summed E-state index contributed by atoms with van der Waals surface area (Å²) in [5.74, 6) is -0.417. The van der Waals surface area contributed by atoms with Gasteiger partial charge in [0.25, 0.3) is 0 Å². The van der Waals surface area contributed by atoms with Gasteiger partial charge in [0.2, 0.25) is 10.0 Å². The van der Waals surface area contributed by atoms with Crippen molar-refractivity contribution < 1.29 is 12.8 Å². The second-order valence-corrected chi connectivity index (χ2v) is 6.38. The van der Waals surface area contributed by atoms with E-state index in [1.165, 1.54) is 19.1 Å². The molecule has 0 aliphatic carbocycles. The van der Waals surface area contributed by atoms with Gasteiger partial charge in [0.1, 0.15) is 5.82 Å². The first kappa shape index (κ1) is 14.7. The highest BCUT2D eigenvalue weighted by atomic mass is 32.2. The Morgan fingerprint density at radius 2 is 1.75 bits per heavy atom. The molecule has 0 unspecified atom stereocenters. The Bertz CT molecular complexity index is 699. The number of hydrogen-bond donors (Lipinski definition) is 1. The van der Waals surface area contributed by atoms with Crippen molar-refractivity contribution in [2.24, 2.45) is 0 Å². The van der Waals surface area contributed by atoms with Crippen LogP contribution in [0.2, 0.25) is 0 Å². The highest BCUT2D eigenvalue weighted by Gasteiger charge is 2.18. The molecular formula is C15H16FNO2S. The van der Waals surface area contributed by atoms with Crippen molar-refractivity contribution in [2.45, 2.75) is 24.8 Å². The Hall–Kier alpha value is -1.72. The molecule has 0 heterocycles. The topological polar surface area (TPSA) is 46.2 Å². The van der Waals surface area contributed by atoms with Gasteiger partial charge in [-0.2, -0.15) is 0 Å². The van der Waals surface area contributed by atoms with Crippen LogP contribution in [0.25, 0.3) is 0 Å². The quantitative estimate of drug-likeness (QED) is 0.941. The van der Waals surface area contributed by atoms with E-state index in [4.69, 9.17) is 0 Å². The van der Waals surface area contributed by atoms with E-state index in [0.29, 0.717) is 5.56 Å². The van der Waals surface area contributed by atoms with Gasteiger partial charge in [-0.25, -0.2) is 17.5 Å². The molecule has 106 valence electrons. The fraction of sp³-hybridized carbons (Fsp3) is 0.200. The Morgan fingerprint density at radius 3 is 2.35 bits per heavy atom. The van der Waals surface area contributed by atoms with E-state index in [0.717, 1.165) is 11.6 Å². The molecule has 0 amide bonds. The van der Waals surface area contributed by atoms with Crippen molar-refractivity contribution in [3.63, 3.8) is 0 Å². The van der Waals surface area contributed by atoms with Crippen molar-refractivity contribution in [1.29, 1.82) is 0 Å². The molecule has 0 saturated heterocycles. The van der Waals surface area contributed by atoms with E-state index < -0.39 is 15.8 Å². The van der Waals surface area contributed by atoms with Crippen LogP contribution in [-0.2, 0) is 10.0 Å². The smallest absolute Gasteiger partial charge is 0.207 e. The molecule has 3 nitrogen and oxygen atoms in total. The first-order chi connectivity index (χ1) is 9.40. The molecule has 1 N–H and O–H groups in total. The summed E-state index contributed by atoms with van der Waals surface area (Å²) in [6.07, 6.45) is 0. The van der Waals surface area contributed by atoms with Crippen LogP contribution >= 0.6 is 0 Å². The fourth-order valence-corrected chi connectivity index (χ4v) is 3.21. The molecular weight excluding hydrogens is 277 g/mol. The monoisotopic (exact) mass is 293 g/mol. The van der Waals surface area contributed by atoms with Gasteiger partial charge in [0.05, 0.1) is 4.90 Å². The molecule has 2 rings (SSSR count). The van der Waals surface area contributed by atoms with Crippen LogP contribution in [0.15, 0.2) is 53.4 Å². The highest BCUT2D eigenvalue weighted by molar-refractivity contribution is 7.89. The summed E-state index contributed by atoms with van der Waals surface area (Å²) in [5, 5.41) is 0. The van der Waals surface area contributed by atoms with Gasteiger partial charge in [-0.3, -0.25) is 0 Å². The van der Waals surface area contributed by atoms with Crippen molar-refractivity contribution in [1.82, 2.24) is 4.72 Å². The summed E-state index contributed by atoms with van der Waals surface area (Å²) >= 11 is 0. The van der Waals surface area contributed by atoms with E-state index in [1.54, 1.807) is 6.92 Å². The van der Waals surface area contributed by atoms with Gasteiger partial charge in [-0.1, -0.05) is 30.3 Å². The molecule has 0 aliphatic heterocycles. The molecule has 0 bridgehead atoms. The molecule has 2 aromatic carbocycles. The lowest BCUT2D eigenvalue weighted by molar-refractivity contribution is 0.566. The number of benzene rings is 2. The molecule has 1 atom stereocenters. The van der Waals surface area contributed by atoms with E-state index in [2.05, 4.69) is 4.72 Å². The van der Waals surface area contributed by atoms with Crippen LogP contribution in [0.5, 0.6) is 0 Å². The molecule has 20 heavy (non-hydrogen) atoms. The normalized spacial score (nSPS) is 13.2. The third-order valence-electron chi connectivity index (χ3n) is 3.07. The average Bonchev–Trinajstić information content (AvgIpc) is 2.42. The van der Waals surface area contributed by atoms with Gasteiger partial charge in [-0.05, 0) is 43.2 Å².